The summed E-state index contributed by atoms with van der Waals surface area (Å²) in [5.41, 5.74) is 5.71. The van der Waals surface area contributed by atoms with Crippen molar-refractivity contribution >= 4 is 93.4 Å². The van der Waals surface area contributed by atoms with Crippen LogP contribution in [0.1, 0.15) is 5.56 Å². The summed E-state index contributed by atoms with van der Waals surface area (Å²) in [5.74, 6) is -0.711. The first kappa shape index (κ1) is 43.1. The lowest BCUT2D eigenvalue weighted by molar-refractivity contribution is -0.432. The quantitative estimate of drug-likeness (QED) is 0.0115. The van der Waals surface area contributed by atoms with Gasteiger partial charge in [-0.25, -0.2) is 13.7 Å². The van der Waals surface area contributed by atoms with Gasteiger partial charge in [0, 0.05) is 16.7 Å². The molecule has 0 spiro atoms. The van der Waals surface area contributed by atoms with E-state index in [-0.39, 0.29) is 55.7 Å². The molecular weight excluding hydrogens is 833 g/mol. The molecular formula is C29H28N6O15S5. The maximum atomic E-state index is 12.5. The van der Waals surface area contributed by atoms with E-state index >= 15 is 0 Å². The van der Waals surface area contributed by atoms with Gasteiger partial charge >= 0.3 is 10.4 Å². The molecule has 0 bridgehead atoms. The van der Waals surface area contributed by atoms with Gasteiger partial charge in [0.15, 0.2) is 21.7 Å². The Kier molecular flexibility index (Phi) is 14.4. The summed E-state index contributed by atoms with van der Waals surface area (Å²) in [5, 5.41) is 45.0. The number of methoxy groups -OCH3 is 1. The Morgan fingerprint density at radius 3 is 2.24 bits per heavy atom. The monoisotopic (exact) mass is 860 g/mol. The third-order valence-corrected chi connectivity index (χ3v) is 11.2. The summed E-state index contributed by atoms with van der Waals surface area (Å²) in [7, 11) is -10.6. The van der Waals surface area contributed by atoms with Crippen molar-refractivity contribution in [3.05, 3.63) is 54.1 Å². The SMILES string of the molecule is CNCCS(=O)(=O)c1ccc(N=Nc2c(S(=O)(=O)O)cc3cc(SOOO)c(N=Nc4cc(C)c(SC#COOS(=O)(=O)O)cc4OC)c(O)c3c2N)cc1. The van der Waals surface area contributed by atoms with Crippen LogP contribution in [-0.4, -0.2) is 71.2 Å². The van der Waals surface area contributed by atoms with E-state index in [0.717, 1.165) is 17.8 Å². The minimum Gasteiger partial charge on any atom is -0.505 e. The Bertz CT molecular complexity index is 2540. The summed E-state index contributed by atoms with van der Waals surface area (Å²) in [6, 6.07) is 10.4. The van der Waals surface area contributed by atoms with Crippen LogP contribution in [0.5, 0.6) is 11.5 Å². The summed E-state index contributed by atoms with van der Waals surface area (Å²) < 4.78 is 103. The number of aromatic hydroxyl groups is 1. The number of benzene rings is 4. The number of aryl methyl sites for hydroxylation is 1. The van der Waals surface area contributed by atoms with Gasteiger partial charge in [-0.15, -0.1) is 19.7 Å². The number of ether oxygens (including phenoxy) is 1. The van der Waals surface area contributed by atoms with E-state index in [1.54, 1.807) is 14.0 Å². The second-order valence-corrected chi connectivity index (χ2v) is 16.6. The molecule has 0 atom stereocenters. The normalized spacial score (nSPS) is 12.3. The molecule has 0 saturated heterocycles. The Morgan fingerprint density at radius 1 is 0.927 bits per heavy atom. The van der Waals surface area contributed by atoms with E-state index < -0.39 is 52.4 Å². The van der Waals surface area contributed by atoms with Crippen LogP contribution in [0, 0.1) is 18.3 Å². The number of phenolic OH excluding ortho intramolecular Hbond substituents is 1. The van der Waals surface area contributed by atoms with Gasteiger partial charge in [0.05, 0.1) is 51.5 Å². The van der Waals surface area contributed by atoms with Crippen molar-refractivity contribution < 1.29 is 68.1 Å². The molecule has 0 heterocycles. The highest BCUT2D eigenvalue weighted by Gasteiger charge is 2.26. The van der Waals surface area contributed by atoms with E-state index in [0.29, 0.717) is 22.5 Å². The van der Waals surface area contributed by atoms with Crippen molar-refractivity contribution in [3.63, 3.8) is 0 Å². The predicted molar refractivity (Wildman–Crippen MR) is 196 cm³/mol. The summed E-state index contributed by atoms with van der Waals surface area (Å²) in [4.78, 5) is 3.67. The number of anilines is 1. The Balaban J connectivity index is 1.80. The van der Waals surface area contributed by atoms with E-state index in [1.165, 1.54) is 49.6 Å². The number of hydrogen-bond donors (Lipinski definition) is 6. The highest BCUT2D eigenvalue weighted by atomic mass is 32.3. The van der Waals surface area contributed by atoms with Gasteiger partial charge in [0.2, 0.25) is 0 Å². The lowest BCUT2D eigenvalue weighted by atomic mass is 10.1. The lowest BCUT2D eigenvalue weighted by Crippen LogP contribution is -2.19. The molecule has 0 aliphatic carbocycles. The molecule has 0 unspecified atom stereocenters. The van der Waals surface area contributed by atoms with Crippen molar-refractivity contribution in [2.75, 3.05) is 32.2 Å². The van der Waals surface area contributed by atoms with Crippen LogP contribution in [0.15, 0.2) is 88.6 Å². The average Bonchev–Trinajstić information content (AvgIpc) is 3.12. The van der Waals surface area contributed by atoms with E-state index in [2.05, 4.69) is 49.6 Å². The van der Waals surface area contributed by atoms with Crippen LogP contribution in [0.25, 0.3) is 10.8 Å². The van der Waals surface area contributed by atoms with E-state index in [1.807, 2.05) is 6.11 Å². The molecule has 0 aliphatic rings. The lowest BCUT2D eigenvalue weighted by Gasteiger charge is -2.14. The van der Waals surface area contributed by atoms with Gasteiger partial charge in [-0.1, -0.05) is 5.04 Å². The number of nitrogens with two attached hydrogens (primary N) is 1. The summed E-state index contributed by atoms with van der Waals surface area (Å²) >= 11 is 1.20. The molecule has 7 N–H and O–H groups in total. The number of rotatable bonds is 16. The summed E-state index contributed by atoms with van der Waals surface area (Å²) in [6.45, 7) is 1.88. The fraction of sp³-hybridized carbons (Fsp3) is 0.172. The smallest absolute Gasteiger partial charge is 0.433 e. The van der Waals surface area contributed by atoms with Gasteiger partial charge in [-0.05, 0) is 89.5 Å². The molecule has 4 aromatic carbocycles. The van der Waals surface area contributed by atoms with Crippen LogP contribution in [0.2, 0.25) is 0 Å². The molecule has 0 saturated carbocycles. The minimum atomic E-state index is -5.03. The molecule has 0 aliphatic heterocycles. The number of nitrogens with zero attached hydrogens (tertiary/aromatic N) is 4. The van der Waals surface area contributed by atoms with Crippen molar-refractivity contribution in [2.24, 2.45) is 20.5 Å². The fourth-order valence-corrected chi connectivity index (χ4v) is 7.58. The van der Waals surface area contributed by atoms with Crippen LogP contribution in [0.4, 0.5) is 28.4 Å². The molecule has 4 aromatic rings. The molecule has 294 valence electrons. The first-order chi connectivity index (χ1) is 25.9. The molecule has 55 heavy (non-hydrogen) atoms. The van der Waals surface area contributed by atoms with Crippen molar-refractivity contribution in [1.29, 1.82) is 0 Å². The van der Waals surface area contributed by atoms with Gasteiger partial charge < -0.3 is 20.9 Å². The molecule has 26 heteroatoms. The van der Waals surface area contributed by atoms with Crippen molar-refractivity contribution in [2.45, 2.75) is 26.5 Å². The number of nitrogen functional groups attached to an aromatic ring is 1. The van der Waals surface area contributed by atoms with Crippen molar-refractivity contribution in [1.82, 2.24) is 5.32 Å². The Labute approximate surface area is 321 Å². The van der Waals surface area contributed by atoms with Crippen LogP contribution < -0.4 is 15.8 Å². The van der Waals surface area contributed by atoms with Crippen LogP contribution >= 0.6 is 23.8 Å². The average molecular weight is 861 g/mol. The van der Waals surface area contributed by atoms with Crippen LogP contribution in [-0.2, 0) is 48.9 Å². The molecule has 0 aromatic heterocycles. The van der Waals surface area contributed by atoms with Crippen molar-refractivity contribution in [3.8, 4) is 22.9 Å². The molecule has 21 nitrogen and oxygen atoms in total. The Morgan fingerprint density at radius 2 is 1.62 bits per heavy atom. The highest BCUT2D eigenvalue weighted by Crippen LogP contribution is 2.50. The number of azo groups is 2. The maximum Gasteiger partial charge on any atom is 0.433 e. The number of hydrogen-bond acceptors (Lipinski definition) is 21. The minimum absolute atomic E-state index is 0.00969. The molecule has 0 radical (unpaired) electrons. The second-order valence-electron chi connectivity index (χ2n) is 10.5. The predicted octanol–water partition coefficient (Wildman–Crippen LogP) is 5.71. The maximum absolute atomic E-state index is 12.5. The van der Waals surface area contributed by atoms with Gasteiger partial charge in [-0.2, -0.15) is 21.9 Å². The zero-order chi connectivity index (χ0) is 40.6. The zero-order valence-electron chi connectivity index (χ0n) is 28.2. The first-order valence-corrected chi connectivity index (χ1v) is 20.6. The number of sulfone groups is 1. The number of fused-ring (bicyclic) bond motifs is 1. The van der Waals surface area contributed by atoms with Gasteiger partial charge in [0.1, 0.15) is 27.7 Å². The first-order valence-electron chi connectivity index (χ1n) is 14.6. The highest BCUT2D eigenvalue weighted by molar-refractivity contribution is 8.04. The summed E-state index contributed by atoms with van der Waals surface area (Å²) in [6.07, 6.45) is 1.92. The zero-order valence-corrected chi connectivity index (χ0v) is 32.3. The van der Waals surface area contributed by atoms with Gasteiger partial charge in [0.25, 0.3) is 10.1 Å². The van der Waals surface area contributed by atoms with E-state index in [9.17, 15) is 34.9 Å². The fourth-order valence-electron chi connectivity index (χ4n) is 4.47. The largest absolute Gasteiger partial charge is 0.505 e. The van der Waals surface area contributed by atoms with Crippen LogP contribution in [0.3, 0.4) is 0 Å². The standard InChI is InChI=1S/C29H28N6O15S5/c1-16-12-20(21(46-3)15-22(16)51-10-9-47-50-55(43,44)45)33-34-27-23(52-49-48-37)13-17-14-24(54(40,41)42)28(26(30)25(17)29(27)36)35-32-18-4-6-19(7-5-18)53(38,39)11-8-31-2/h4-7,12-15,31,36-37H,8,11,30H2,1-3H3,(H,40,41,42)(H,43,44,45). The Hall–Kier alpha value is -4.63. The van der Waals surface area contributed by atoms with E-state index in [4.69, 9.17) is 20.3 Å². The topological polar surface area (TPSA) is 317 Å². The van der Waals surface area contributed by atoms with Gasteiger partial charge in [-0.3, -0.25) is 14.0 Å². The second kappa shape index (κ2) is 18.3. The molecule has 0 fully saturated rings. The molecule has 0 amide bonds. The molecule has 4 rings (SSSR count). The third-order valence-electron chi connectivity index (χ3n) is 6.93. The third kappa shape index (κ3) is 11.2. The number of phenols is 1. The number of thioether (sulfide) groups is 1. The number of nitrogens with one attached hydrogen (secondary N) is 1.